The van der Waals surface area contributed by atoms with E-state index in [0.29, 0.717) is 41.3 Å². The van der Waals surface area contributed by atoms with Gasteiger partial charge in [-0.25, -0.2) is 0 Å². The monoisotopic (exact) mass is 408 g/mol. The molecule has 4 rings (SSSR count). The van der Waals surface area contributed by atoms with Gasteiger partial charge in [-0.05, 0) is 61.4 Å². The Morgan fingerprint density at radius 3 is 2.50 bits per heavy atom. The molecule has 1 saturated heterocycles. The lowest BCUT2D eigenvalue weighted by molar-refractivity contribution is -0.127. The molecule has 7 heteroatoms. The Morgan fingerprint density at radius 2 is 1.83 bits per heavy atom. The zero-order chi connectivity index (χ0) is 21.1. The largest absolute Gasteiger partial charge is 0.497 e. The van der Waals surface area contributed by atoms with Gasteiger partial charge in [0.1, 0.15) is 17.6 Å². The molecule has 2 aromatic carbocycles. The van der Waals surface area contributed by atoms with Crippen molar-refractivity contribution in [2.45, 2.75) is 25.5 Å². The third kappa shape index (κ3) is 4.02. The number of pyridine rings is 1. The molecule has 156 valence electrons. The lowest BCUT2D eigenvalue weighted by Crippen LogP contribution is -2.39. The van der Waals surface area contributed by atoms with E-state index in [1.807, 2.05) is 18.2 Å². The van der Waals surface area contributed by atoms with Crippen LogP contribution in [0.1, 0.15) is 18.4 Å². The summed E-state index contributed by atoms with van der Waals surface area (Å²) in [5.41, 5.74) is 1.65. The van der Waals surface area contributed by atoms with Gasteiger partial charge in [-0.2, -0.15) is 0 Å². The molecule has 1 fully saturated rings. The van der Waals surface area contributed by atoms with Crippen LogP contribution in [0.3, 0.4) is 0 Å². The van der Waals surface area contributed by atoms with Gasteiger partial charge in [0.15, 0.2) is 0 Å². The van der Waals surface area contributed by atoms with Crippen molar-refractivity contribution < 1.29 is 19.0 Å². The van der Waals surface area contributed by atoms with E-state index in [-0.39, 0.29) is 18.0 Å². The van der Waals surface area contributed by atoms with Crippen LogP contribution in [0.25, 0.3) is 10.9 Å². The fraction of sp³-hybridized carbons (Fsp3) is 0.304. The van der Waals surface area contributed by atoms with Crippen LogP contribution in [-0.4, -0.2) is 37.8 Å². The number of methoxy groups -OCH3 is 2. The molecule has 0 unspecified atom stereocenters. The summed E-state index contributed by atoms with van der Waals surface area (Å²) in [5.74, 6) is 1.24. The minimum absolute atomic E-state index is 0.132. The first-order valence-electron chi connectivity index (χ1n) is 9.86. The molecule has 7 nitrogen and oxygen atoms in total. The van der Waals surface area contributed by atoms with Crippen LogP contribution >= 0.6 is 0 Å². The highest BCUT2D eigenvalue weighted by Gasteiger charge is 2.29. The molecule has 30 heavy (non-hydrogen) atoms. The Hall–Kier alpha value is -3.32. The first kappa shape index (κ1) is 20.0. The van der Waals surface area contributed by atoms with Gasteiger partial charge in [-0.15, -0.1) is 0 Å². The summed E-state index contributed by atoms with van der Waals surface area (Å²) in [7, 11) is 3.19. The zero-order valence-electron chi connectivity index (χ0n) is 17.0. The van der Waals surface area contributed by atoms with E-state index in [2.05, 4.69) is 4.98 Å². The zero-order valence-corrected chi connectivity index (χ0v) is 17.0. The Kier molecular flexibility index (Phi) is 5.72. The second kappa shape index (κ2) is 8.59. The highest BCUT2D eigenvalue weighted by atomic mass is 16.5. The number of aromatic nitrogens is 1. The maximum absolute atomic E-state index is 13.2. The summed E-state index contributed by atoms with van der Waals surface area (Å²) in [4.78, 5) is 30.4. The maximum Gasteiger partial charge on any atom is 0.256 e. The van der Waals surface area contributed by atoms with E-state index >= 15 is 0 Å². The Bertz CT molecular complexity index is 1100. The Balaban J connectivity index is 1.72. The number of ether oxygens (including phenoxy) is 3. The van der Waals surface area contributed by atoms with Crippen LogP contribution in [-0.2, 0) is 16.1 Å². The van der Waals surface area contributed by atoms with Crippen molar-refractivity contribution in [3.05, 3.63) is 64.4 Å². The van der Waals surface area contributed by atoms with E-state index in [9.17, 15) is 9.59 Å². The van der Waals surface area contributed by atoms with Gasteiger partial charge in [0, 0.05) is 28.8 Å². The number of carbonyl (C=O) groups excluding carboxylic acids is 1. The number of anilines is 1. The normalized spacial score (nSPS) is 15.9. The van der Waals surface area contributed by atoms with E-state index < -0.39 is 6.10 Å². The molecule has 0 bridgehead atoms. The number of hydrogen-bond acceptors (Lipinski definition) is 5. The van der Waals surface area contributed by atoms with Crippen LogP contribution < -0.4 is 19.9 Å². The predicted octanol–water partition coefficient (Wildman–Crippen LogP) is 3.26. The van der Waals surface area contributed by atoms with Gasteiger partial charge >= 0.3 is 0 Å². The van der Waals surface area contributed by atoms with E-state index in [4.69, 9.17) is 14.2 Å². The van der Waals surface area contributed by atoms with Crippen molar-refractivity contribution in [1.29, 1.82) is 0 Å². The van der Waals surface area contributed by atoms with Crippen molar-refractivity contribution in [2.75, 3.05) is 25.7 Å². The van der Waals surface area contributed by atoms with Crippen LogP contribution in [0.2, 0.25) is 0 Å². The molecule has 1 amide bonds. The number of H-pyrrole nitrogens is 1. The summed E-state index contributed by atoms with van der Waals surface area (Å²) in [6.07, 6.45) is 1.03. The number of hydrogen-bond donors (Lipinski definition) is 1. The molecule has 0 radical (unpaired) electrons. The lowest BCUT2D eigenvalue weighted by Gasteiger charge is -2.25. The SMILES string of the molecule is COc1ccc(N(Cc2cc3cc(OC)ccc3[nH]c2=O)C(=O)[C@H]2CCCO2)cc1. The standard InChI is InChI=1S/C23H24N2O5/c1-28-18-7-5-17(6-8-18)25(23(27)21-4-3-11-30-21)14-16-12-15-13-19(29-2)9-10-20(15)24-22(16)26/h5-10,12-13,21H,3-4,11,14H2,1-2H3,(H,24,26)/t21-/m1/s1. The smallest absolute Gasteiger partial charge is 0.256 e. The topological polar surface area (TPSA) is 80.9 Å². The second-order valence-corrected chi connectivity index (χ2v) is 7.20. The Labute approximate surface area is 174 Å². The third-order valence-corrected chi connectivity index (χ3v) is 5.31. The molecule has 1 N–H and O–H groups in total. The first-order valence-corrected chi connectivity index (χ1v) is 9.86. The highest BCUT2D eigenvalue weighted by molar-refractivity contribution is 5.96. The summed E-state index contributed by atoms with van der Waals surface area (Å²) >= 11 is 0. The van der Waals surface area contributed by atoms with Crippen LogP contribution in [0, 0.1) is 0 Å². The fourth-order valence-corrected chi connectivity index (χ4v) is 3.65. The van der Waals surface area contributed by atoms with Crippen LogP contribution in [0.15, 0.2) is 53.3 Å². The molecule has 2 heterocycles. The first-order chi connectivity index (χ1) is 14.6. The maximum atomic E-state index is 13.2. The van der Waals surface area contributed by atoms with E-state index in [0.717, 1.165) is 11.8 Å². The Morgan fingerprint density at radius 1 is 1.10 bits per heavy atom. The van der Waals surface area contributed by atoms with Gasteiger partial charge < -0.3 is 24.1 Å². The molecule has 1 aliphatic rings. The lowest BCUT2D eigenvalue weighted by atomic mass is 10.1. The van der Waals surface area contributed by atoms with Gasteiger partial charge in [0.25, 0.3) is 11.5 Å². The second-order valence-electron chi connectivity index (χ2n) is 7.20. The molecule has 0 saturated carbocycles. The van der Waals surface area contributed by atoms with E-state index in [1.54, 1.807) is 49.5 Å². The van der Waals surface area contributed by atoms with Crippen molar-refractivity contribution in [3.8, 4) is 11.5 Å². The number of amides is 1. The summed E-state index contributed by atoms with van der Waals surface area (Å²) < 4.78 is 16.1. The van der Waals surface area contributed by atoms with Gasteiger partial charge in [-0.1, -0.05) is 0 Å². The summed E-state index contributed by atoms with van der Waals surface area (Å²) in [6, 6.07) is 14.5. The van der Waals surface area contributed by atoms with E-state index in [1.165, 1.54) is 0 Å². The number of rotatable bonds is 6. The van der Waals surface area contributed by atoms with Crippen molar-refractivity contribution >= 4 is 22.5 Å². The number of fused-ring (bicyclic) bond motifs is 1. The molecule has 1 aromatic heterocycles. The fourth-order valence-electron chi connectivity index (χ4n) is 3.65. The number of carbonyl (C=O) groups is 1. The quantitative estimate of drug-likeness (QED) is 0.677. The number of nitrogens with zero attached hydrogens (tertiary/aromatic N) is 1. The van der Waals surface area contributed by atoms with Gasteiger partial charge in [0.2, 0.25) is 0 Å². The summed E-state index contributed by atoms with van der Waals surface area (Å²) in [5, 5.41) is 0.836. The molecular weight excluding hydrogens is 384 g/mol. The highest BCUT2D eigenvalue weighted by Crippen LogP contribution is 2.25. The molecular formula is C23H24N2O5. The molecule has 1 aliphatic heterocycles. The van der Waals surface area contributed by atoms with Crippen molar-refractivity contribution in [2.24, 2.45) is 0 Å². The van der Waals surface area contributed by atoms with Crippen molar-refractivity contribution in [3.63, 3.8) is 0 Å². The molecule has 0 aliphatic carbocycles. The number of aromatic amines is 1. The van der Waals surface area contributed by atoms with Crippen molar-refractivity contribution in [1.82, 2.24) is 4.98 Å². The predicted molar refractivity (Wildman–Crippen MR) is 114 cm³/mol. The van der Waals surface area contributed by atoms with Crippen LogP contribution in [0.5, 0.6) is 11.5 Å². The minimum atomic E-state index is -0.494. The average molecular weight is 408 g/mol. The summed E-state index contributed by atoms with van der Waals surface area (Å²) in [6.45, 7) is 0.705. The molecule has 0 spiro atoms. The number of nitrogens with one attached hydrogen (secondary N) is 1. The average Bonchev–Trinajstić information content (AvgIpc) is 3.32. The van der Waals surface area contributed by atoms with Gasteiger partial charge in [-0.3, -0.25) is 9.59 Å². The third-order valence-electron chi connectivity index (χ3n) is 5.31. The molecule has 3 aromatic rings. The van der Waals surface area contributed by atoms with Gasteiger partial charge in [0.05, 0.1) is 20.8 Å². The molecule has 1 atom stereocenters. The number of benzene rings is 2. The minimum Gasteiger partial charge on any atom is -0.497 e. The van der Waals surface area contributed by atoms with Crippen LogP contribution in [0.4, 0.5) is 5.69 Å².